The number of hydrogen-bond acceptors (Lipinski definition) is 5. The Morgan fingerprint density at radius 2 is 1.89 bits per heavy atom. The third kappa shape index (κ3) is 4.22. The number of fused-ring (bicyclic) bond motifs is 1. The molecule has 8 nitrogen and oxygen atoms in total. The van der Waals surface area contributed by atoms with Crippen molar-refractivity contribution < 1.29 is 24.2 Å². The molecule has 3 fully saturated rings. The van der Waals surface area contributed by atoms with Gasteiger partial charge in [0.1, 0.15) is 11.6 Å². The Bertz CT molecular complexity index is 1010. The van der Waals surface area contributed by atoms with E-state index in [2.05, 4.69) is 10.6 Å². The molecule has 3 aliphatic heterocycles. The van der Waals surface area contributed by atoms with Gasteiger partial charge in [0, 0.05) is 12.1 Å². The Morgan fingerprint density at radius 3 is 2.47 bits per heavy atom. The van der Waals surface area contributed by atoms with Crippen molar-refractivity contribution in [1.29, 1.82) is 0 Å². The summed E-state index contributed by atoms with van der Waals surface area (Å²) in [5.74, 6) is -2.30. The Morgan fingerprint density at radius 1 is 1.22 bits per heavy atom. The molecule has 0 radical (unpaired) electrons. The second-order valence-electron chi connectivity index (χ2n) is 12.0. The molecule has 3 aliphatic rings. The molecule has 3 N–H and O–H groups in total. The van der Waals surface area contributed by atoms with Crippen LogP contribution in [0.25, 0.3) is 0 Å². The number of hydrogen-bond donors (Lipinski definition) is 3. The summed E-state index contributed by atoms with van der Waals surface area (Å²) in [4.78, 5) is 43.2. The van der Waals surface area contributed by atoms with E-state index in [1.54, 1.807) is 0 Å². The first-order valence-corrected chi connectivity index (χ1v) is 13.2. The molecule has 3 heterocycles. The van der Waals surface area contributed by atoms with Crippen molar-refractivity contribution in [3.63, 3.8) is 0 Å². The number of rotatable bonds is 8. The minimum absolute atomic E-state index is 0.0227. The highest BCUT2D eigenvalue weighted by Crippen LogP contribution is 2.65. The number of benzene rings is 1. The van der Waals surface area contributed by atoms with Crippen molar-refractivity contribution in [3.05, 3.63) is 35.9 Å². The van der Waals surface area contributed by atoms with Gasteiger partial charge >= 0.3 is 0 Å². The molecule has 36 heavy (non-hydrogen) atoms. The zero-order chi connectivity index (χ0) is 26.5. The maximum absolute atomic E-state index is 14.3. The number of carbonyl (C=O) groups excluding carboxylic acids is 3. The van der Waals surface area contributed by atoms with Crippen LogP contribution >= 0.6 is 0 Å². The lowest BCUT2D eigenvalue weighted by Crippen LogP contribution is -2.60. The molecular weight excluding hydrogens is 458 g/mol. The molecule has 2 bridgehead atoms. The number of nitrogens with zero attached hydrogens (tertiary/aromatic N) is 1. The quantitative estimate of drug-likeness (QED) is 0.507. The highest BCUT2D eigenvalue weighted by atomic mass is 16.5. The van der Waals surface area contributed by atoms with Gasteiger partial charge in [0.25, 0.3) is 0 Å². The van der Waals surface area contributed by atoms with Crippen LogP contribution < -0.4 is 10.6 Å². The summed E-state index contributed by atoms with van der Waals surface area (Å²) in [6.07, 6.45) is 1.67. The van der Waals surface area contributed by atoms with Crippen molar-refractivity contribution in [2.75, 3.05) is 13.2 Å². The zero-order valence-electron chi connectivity index (χ0n) is 22.3. The number of ether oxygens (including phenoxy) is 1. The van der Waals surface area contributed by atoms with E-state index in [4.69, 9.17) is 4.74 Å². The molecule has 3 saturated heterocycles. The number of aliphatic hydroxyl groups is 1. The van der Waals surface area contributed by atoms with E-state index in [-0.39, 0.29) is 30.2 Å². The van der Waals surface area contributed by atoms with Crippen LogP contribution in [-0.2, 0) is 25.5 Å². The van der Waals surface area contributed by atoms with Crippen molar-refractivity contribution in [2.24, 2.45) is 17.8 Å². The van der Waals surface area contributed by atoms with E-state index < -0.39 is 40.7 Å². The van der Waals surface area contributed by atoms with Crippen LogP contribution in [0, 0.1) is 17.8 Å². The number of amides is 3. The van der Waals surface area contributed by atoms with Gasteiger partial charge in [-0.15, -0.1) is 0 Å². The first kappa shape index (κ1) is 26.6. The summed E-state index contributed by atoms with van der Waals surface area (Å²) in [5, 5.41) is 16.5. The fourth-order valence-corrected chi connectivity index (χ4v) is 6.70. The molecule has 7 atom stereocenters. The molecule has 8 heteroatoms. The van der Waals surface area contributed by atoms with Crippen molar-refractivity contribution in [2.45, 2.75) is 89.6 Å². The Labute approximate surface area is 214 Å². The van der Waals surface area contributed by atoms with Crippen LogP contribution in [0.5, 0.6) is 0 Å². The van der Waals surface area contributed by atoms with Crippen molar-refractivity contribution in [3.8, 4) is 0 Å². The molecule has 3 unspecified atom stereocenters. The number of likely N-dealkylation sites (tertiary alicyclic amines) is 1. The lowest BCUT2D eigenvalue weighted by molar-refractivity contribution is -0.151. The number of aliphatic hydroxyl groups excluding tert-OH is 1. The van der Waals surface area contributed by atoms with Gasteiger partial charge in [-0.25, -0.2) is 0 Å². The van der Waals surface area contributed by atoms with Crippen LogP contribution in [0.15, 0.2) is 30.3 Å². The Balaban J connectivity index is 1.80. The van der Waals surface area contributed by atoms with Gasteiger partial charge < -0.3 is 25.4 Å². The predicted molar refractivity (Wildman–Crippen MR) is 136 cm³/mol. The maximum Gasteiger partial charge on any atom is 0.246 e. The number of nitrogens with one attached hydrogen (secondary N) is 2. The van der Waals surface area contributed by atoms with Gasteiger partial charge in [-0.1, -0.05) is 44.2 Å². The van der Waals surface area contributed by atoms with Gasteiger partial charge in [0.15, 0.2) is 0 Å². The second kappa shape index (κ2) is 9.45. The molecule has 4 rings (SSSR count). The summed E-state index contributed by atoms with van der Waals surface area (Å²) < 4.78 is 6.73. The van der Waals surface area contributed by atoms with E-state index in [0.29, 0.717) is 19.4 Å². The average molecular weight is 500 g/mol. The van der Waals surface area contributed by atoms with Gasteiger partial charge in [0.2, 0.25) is 17.7 Å². The molecule has 1 aromatic carbocycles. The highest BCUT2D eigenvalue weighted by Gasteiger charge is 2.80. The van der Waals surface area contributed by atoms with Crippen LogP contribution in [0.4, 0.5) is 0 Å². The highest BCUT2D eigenvalue weighted by molar-refractivity contribution is 5.99. The van der Waals surface area contributed by atoms with E-state index in [1.165, 1.54) is 4.90 Å². The monoisotopic (exact) mass is 499 g/mol. The zero-order valence-corrected chi connectivity index (χ0v) is 22.3. The summed E-state index contributed by atoms with van der Waals surface area (Å²) in [6, 6.07) is 8.05. The lowest BCUT2D eigenvalue weighted by Gasteiger charge is -2.38. The van der Waals surface area contributed by atoms with Gasteiger partial charge in [0.05, 0.1) is 30.1 Å². The smallest absolute Gasteiger partial charge is 0.246 e. The van der Waals surface area contributed by atoms with Crippen LogP contribution in [-0.4, -0.2) is 69.7 Å². The molecule has 1 aromatic rings. The maximum atomic E-state index is 14.3. The van der Waals surface area contributed by atoms with Crippen LogP contribution in [0.1, 0.15) is 59.9 Å². The standard InChI is InChI=1S/C28H41N3O5/c1-7-13-29-23(33)20-21-25(35)31(19(16-32)14-18-11-9-8-10-12-18)22(24(34)30-26(3,4)5)28(21)15-17(2)27(20,6)36-28/h8-12,17,19-22,32H,7,13-16H2,1-6H3,(H,29,33)(H,30,34)/t17?,19-,20+,21+,22?,27-,28?/m1/s1. The SMILES string of the molecule is CCCNC(=O)[C@@H]1[C@H]2C(=O)N([C@@H](CO)Cc3ccccc3)C(C(=O)NC(C)(C)C)C23CC(C)[C@@]1(C)O3. The van der Waals surface area contributed by atoms with Gasteiger partial charge in [-0.3, -0.25) is 14.4 Å². The molecule has 0 saturated carbocycles. The third-order valence-corrected chi connectivity index (χ3v) is 8.25. The topological polar surface area (TPSA) is 108 Å². The summed E-state index contributed by atoms with van der Waals surface area (Å²) >= 11 is 0. The number of carbonyl (C=O) groups is 3. The Kier molecular flexibility index (Phi) is 6.99. The van der Waals surface area contributed by atoms with Crippen molar-refractivity contribution >= 4 is 17.7 Å². The average Bonchev–Trinajstić information content (AvgIpc) is 3.32. The molecule has 0 aliphatic carbocycles. The van der Waals surface area contributed by atoms with Gasteiger partial charge in [-0.2, -0.15) is 0 Å². The van der Waals surface area contributed by atoms with Gasteiger partial charge in [-0.05, 0) is 58.4 Å². The first-order valence-electron chi connectivity index (χ1n) is 13.2. The van der Waals surface area contributed by atoms with E-state index >= 15 is 0 Å². The fourth-order valence-electron chi connectivity index (χ4n) is 6.70. The molecule has 0 aromatic heterocycles. The first-order chi connectivity index (χ1) is 16.9. The minimum Gasteiger partial charge on any atom is -0.394 e. The molecular formula is C28H41N3O5. The summed E-state index contributed by atoms with van der Waals surface area (Å²) in [5.41, 5.74) is -1.55. The molecule has 198 valence electrons. The largest absolute Gasteiger partial charge is 0.394 e. The Hall–Kier alpha value is -2.45. The van der Waals surface area contributed by atoms with E-state index in [9.17, 15) is 19.5 Å². The van der Waals surface area contributed by atoms with Crippen LogP contribution in [0.2, 0.25) is 0 Å². The van der Waals surface area contributed by atoms with E-state index in [0.717, 1.165) is 12.0 Å². The van der Waals surface area contributed by atoms with Crippen molar-refractivity contribution in [1.82, 2.24) is 15.5 Å². The predicted octanol–water partition coefficient (Wildman–Crippen LogP) is 2.04. The fraction of sp³-hybridized carbons (Fsp3) is 0.679. The molecule has 3 amide bonds. The summed E-state index contributed by atoms with van der Waals surface area (Å²) in [6.45, 7) is 11.8. The molecule has 1 spiro atoms. The summed E-state index contributed by atoms with van der Waals surface area (Å²) in [7, 11) is 0. The van der Waals surface area contributed by atoms with Crippen LogP contribution in [0.3, 0.4) is 0 Å². The minimum atomic E-state index is -1.13. The lowest BCUT2D eigenvalue weighted by atomic mass is 9.62. The van der Waals surface area contributed by atoms with E-state index in [1.807, 2.05) is 71.9 Å². The normalized spacial score (nSPS) is 34.0. The third-order valence-electron chi connectivity index (χ3n) is 8.25. The second-order valence-corrected chi connectivity index (χ2v) is 12.0.